The van der Waals surface area contributed by atoms with Crippen molar-refractivity contribution in [3.05, 3.63) is 22.7 Å². The number of halogens is 1. The van der Waals surface area contributed by atoms with Gasteiger partial charge < -0.3 is 14.2 Å². The van der Waals surface area contributed by atoms with E-state index in [9.17, 15) is 0 Å². The topological polar surface area (TPSA) is 27.7 Å². The zero-order valence-corrected chi connectivity index (χ0v) is 10.7. The van der Waals surface area contributed by atoms with Gasteiger partial charge in [-0.15, -0.1) is 0 Å². The molecule has 0 aliphatic heterocycles. The fourth-order valence-electron chi connectivity index (χ4n) is 1.05. The highest BCUT2D eigenvalue weighted by molar-refractivity contribution is 9.10. The summed E-state index contributed by atoms with van der Waals surface area (Å²) in [5, 5.41) is 0. The molecule has 0 unspecified atom stereocenters. The average Bonchev–Trinajstić information content (AvgIpc) is 2.18. The van der Waals surface area contributed by atoms with Gasteiger partial charge in [-0.2, -0.15) is 0 Å². The van der Waals surface area contributed by atoms with Gasteiger partial charge in [-0.05, 0) is 48.0 Å². The van der Waals surface area contributed by atoms with E-state index in [2.05, 4.69) is 15.9 Å². The third-order valence-corrected chi connectivity index (χ3v) is 2.23. The zero-order chi connectivity index (χ0) is 11.3. The molecule has 0 heterocycles. The maximum Gasteiger partial charge on any atom is 0.188 e. The van der Waals surface area contributed by atoms with Gasteiger partial charge in [-0.3, -0.25) is 0 Å². The Bertz CT molecular complexity index is 313. The van der Waals surface area contributed by atoms with E-state index in [0.29, 0.717) is 0 Å². The Hall–Kier alpha value is -0.740. The molecule has 1 aromatic rings. The highest BCUT2D eigenvalue weighted by Crippen LogP contribution is 2.29. The lowest BCUT2D eigenvalue weighted by Crippen LogP contribution is -2.06. The van der Waals surface area contributed by atoms with Crippen LogP contribution in [0.3, 0.4) is 0 Å². The predicted octanol–water partition coefficient (Wildman–Crippen LogP) is 3.22. The lowest BCUT2D eigenvalue weighted by Gasteiger charge is -2.12. The third-order valence-electron chi connectivity index (χ3n) is 1.61. The fourth-order valence-corrected chi connectivity index (χ4v) is 1.50. The number of hydrogen-bond donors (Lipinski definition) is 0. The Labute approximate surface area is 98.5 Å². The lowest BCUT2D eigenvalue weighted by atomic mass is 10.3. The van der Waals surface area contributed by atoms with Crippen molar-refractivity contribution in [2.75, 3.05) is 13.9 Å². The first-order chi connectivity index (χ1) is 7.13. The summed E-state index contributed by atoms with van der Waals surface area (Å²) in [6.45, 7) is 4.22. The van der Waals surface area contributed by atoms with Crippen LogP contribution >= 0.6 is 15.9 Å². The molecule has 3 nitrogen and oxygen atoms in total. The summed E-state index contributed by atoms with van der Waals surface area (Å²) in [5.41, 5.74) is 0. The van der Waals surface area contributed by atoms with Crippen molar-refractivity contribution in [1.82, 2.24) is 0 Å². The summed E-state index contributed by atoms with van der Waals surface area (Å²) >= 11 is 3.42. The van der Waals surface area contributed by atoms with Crippen LogP contribution in [0.5, 0.6) is 11.5 Å². The molecule has 0 amide bonds. The summed E-state index contributed by atoms with van der Waals surface area (Å²) < 4.78 is 16.6. The van der Waals surface area contributed by atoms with Gasteiger partial charge in [0.05, 0.1) is 10.6 Å². The zero-order valence-electron chi connectivity index (χ0n) is 9.12. The van der Waals surface area contributed by atoms with Crippen molar-refractivity contribution in [2.24, 2.45) is 0 Å². The molecule has 0 atom stereocenters. The Morgan fingerprint density at radius 1 is 1.33 bits per heavy atom. The second kappa shape index (κ2) is 5.98. The molecule has 0 bridgehead atoms. The maximum atomic E-state index is 5.57. The molecule has 0 saturated carbocycles. The molecule has 0 fully saturated rings. The van der Waals surface area contributed by atoms with Crippen LogP contribution < -0.4 is 9.47 Å². The standard InChI is InChI=1S/C11H15BrO3/c1-8(2)15-11-5-4-9(6-10(11)12)14-7-13-3/h4-6,8H,7H2,1-3H3. The first kappa shape index (κ1) is 12.3. The molecule has 0 radical (unpaired) electrons. The van der Waals surface area contributed by atoms with Crippen LogP contribution in [0.25, 0.3) is 0 Å². The molecule has 84 valence electrons. The second-order valence-corrected chi connectivity index (χ2v) is 4.16. The van der Waals surface area contributed by atoms with Crippen LogP contribution in [0.15, 0.2) is 22.7 Å². The largest absolute Gasteiger partial charge is 0.490 e. The van der Waals surface area contributed by atoms with E-state index < -0.39 is 0 Å². The summed E-state index contributed by atoms with van der Waals surface area (Å²) in [7, 11) is 1.59. The van der Waals surface area contributed by atoms with Crippen molar-refractivity contribution in [3.63, 3.8) is 0 Å². The molecule has 15 heavy (non-hydrogen) atoms. The van der Waals surface area contributed by atoms with E-state index >= 15 is 0 Å². The first-order valence-electron chi connectivity index (χ1n) is 4.71. The lowest BCUT2D eigenvalue weighted by molar-refractivity contribution is 0.0510. The Morgan fingerprint density at radius 2 is 2.07 bits per heavy atom. The van der Waals surface area contributed by atoms with Crippen molar-refractivity contribution in [1.29, 1.82) is 0 Å². The minimum Gasteiger partial charge on any atom is -0.490 e. The van der Waals surface area contributed by atoms with E-state index in [-0.39, 0.29) is 12.9 Å². The number of rotatable bonds is 5. The van der Waals surface area contributed by atoms with Crippen LogP contribution in [0.4, 0.5) is 0 Å². The Morgan fingerprint density at radius 3 is 2.60 bits per heavy atom. The van der Waals surface area contributed by atoms with E-state index in [4.69, 9.17) is 14.2 Å². The summed E-state index contributed by atoms with van der Waals surface area (Å²) in [6, 6.07) is 5.58. The second-order valence-electron chi connectivity index (χ2n) is 3.31. The molecule has 4 heteroatoms. The van der Waals surface area contributed by atoms with Crippen molar-refractivity contribution < 1.29 is 14.2 Å². The smallest absolute Gasteiger partial charge is 0.188 e. The van der Waals surface area contributed by atoms with Crippen LogP contribution in [0.2, 0.25) is 0 Å². The van der Waals surface area contributed by atoms with Gasteiger partial charge in [0, 0.05) is 7.11 Å². The van der Waals surface area contributed by atoms with Crippen molar-refractivity contribution >= 4 is 15.9 Å². The molecule has 0 N–H and O–H groups in total. The minimum atomic E-state index is 0.159. The average molecular weight is 275 g/mol. The molecule has 0 aliphatic carbocycles. The summed E-state index contributed by atoms with van der Waals surface area (Å²) in [6.07, 6.45) is 0.159. The molecule has 1 rings (SSSR count). The van der Waals surface area contributed by atoms with Gasteiger partial charge in [-0.1, -0.05) is 0 Å². The minimum absolute atomic E-state index is 0.159. The van der Waals surface area contributed by atoms with Gasteiger partial charge in [0.15, 0.2) is 6.79 Å². The van der Waals surface area contributed by atoms with Crippen LogP contribution in [-0.4, -0.2) is 20.0 Å². The van der Waals surface area contributed by atoms with Crippen LogP contribution in [-0.2, 0) is 4.74 Å². The van der Waals surface area contributed by atoms with Crippen molar-refractivity contribution in [3.8, 4) is 11.5 Å². The van der Waals surface area contributed by atoms with E-state index in [1.807, 2.05) is 32.0 Å². The number of hydrogen-bond acceptors (Lipinski definition) is 3. The number of ether oxygens (including phenoxy) is 3. The first-order valence-corrected chi connectivity index (χ1v) is 5.50. The summed E-state index contributed by atoms with van der Waals surface area (Å²) in [4.78, 5) is 0. The Balaban J connectivity index is 2.70. The highest BCUT2D eigenvalue weighted by atomic mass is 79.9. The van der Waals surface area contributed by atoms with E-state index in [0.717, 1.165) is 16.0 Å². The van der Waals surface area contributed by atoms with Crippen LogP contribution in [0, 0.1) is 0 Å². The number of methoxy groups -OCH3 is 1. The van der Waals surface area contributed by atoms with Gasteiger partial charge in [0.25, 0.3) is 0 Å². The molecule has 1 aromatic carbocycles. The maximum absolute atomic E-state index is 5.57. The fraction of sp³-hybridized carbons (Fsp3) is 0.455. The monoisotopic (exact) mass is 274 g/mol. The van der Waals surface area contributed by atoms with Gasteiger partial charge in [-0.25, -0.2) is 0 Å². The van der Waals surface area contributed by atoms with Gasteiger partial charge in [0.1, 0.15) is 11.5 Å². The molecular formula is C11H15BrO3. The Kier molecular flexibility index (Phi) is 4.91. The third kappa shape index (κ3) is 4.10. The molecule has 0 aromatic heterocycles. The van der Waals surface area contributed by atoms with E-state index in [1.54, 1.807) is 7.11 Å². The molecule has 0 aliphatic rings. The molecule has 0 saturated heterocycles. The van der Waals surface area contributed by atoms with Gasteiger partial charge >= 0.3 is 0 Å². The SMILES string of the molecule is COCOc1ccc(OC(C)C)c(Br)c1. The predicted molar refractivity (Wildman–Crippen MR) is 62.4 cm³/mol. The normalized spacial score (nSPS) is 10.5. The number of benzene rings is 1. The quantitative estimate of drug-likeness (QED) is 0.772. The van der Waals surface area contributed by atoms with Crippen molar-refractivity contribution in [2.45, 2.75) is 20.0 Å². The van der Waals surface area contributed by atoms with Gasteiger partial charge in [0.2, 0.25) is 0 Å². The summed E-state index contributed by atoms with van der Waals surface area (Å²) in [5.74, 6) is 1.56. The highest BCUT2D eigenvalue weighted by Gasteiger charge is 2.04. The molecule has 0 spiro atoms. The van der Waals surface area contributed by atoms with E-state index in [1.165, 1.54) is 0 Å². The van der Waals surface area contributed by atoms with Crippen LogP contribution in [0.1, 0.15) is 13.8 Å². The molecular weight excluding hydrogens is 260 g/mol.